The van der Waals surface area contributed by atoms with Gasteiger partial charge < -0.3 is 19.5 Å². The molecule has 0 spiro atoms. The number of thiazole rings is 1. The average Bonchev–Trinajstić information content (AvgIpc) is 3.60. The molecule has 206 valence electrons. The molecule has 3 aliphatic heterocycles. The van der Waals surface area contributed by atoms with Gasteiger partial charge in [0.15, 0.2) is 10.8 Å². The first-order chi connectivity index (χ1) is 18.8. The molecule has 1 N–H and O–H groups in total. The van der Waals surface area contributed by atoms with E-state index >= 15 is 0 Å². The largest absolute Gasteiger partial charge is 0.468 e. The smallest absolute Gasteiger partial charge is 0.410 e. The Morgan fingerprint density at radius 2 is 2.15 bits per heavy atom. The second kappa shape index (κ2) is 11.3. The summed E-state index contributed by atoms with van der Waals surface area (Å²) in [6.45, 7) is 2.45. The maximum absolute atomic E-state index is 14.5. The van der Waals surface area contributed by atoms with Gasteiger partial charge in [-0.15, -0.1) is 11.3 Å². The molecule has 2 saturated heterocycles. The minimum Gasteiger partial charge on any atom is -0.468 e. The van der Waals surface area contributed by atoms with Crippen LogP contribution in [0.5, 0.6) is 0 Å². The van der Waals surface area contributed by atoms with Crippen molar-refractivity contribution in [1.29, 1.82) is 0 Å². The number of hydrogen-bond donors (Lipinski definition) is 1. The molecule has 3 atom stereocenters. The van der Waals surface area contributed by atoms with Crippen LogP contribution in [-0.2, 0) is 23.8 Å². The highest BCUT2D eigenvalue weighted by Gasteiger charge is 2.49. The van der Waals surface area contributed by atoms with Crippen molar-refractivity contribution in [2.75, 3.05) is 40.0 Å². The molecule has 2 aromatic rings. The summed E-state index contributed by atoms with van der Waals surface area (Å²) in [5.41, 5.74) is 0.776. The van der Waals surface area contributed by atoms with Crippen LogP contribution in [0.3, 0.4) is 0 Å². The Kier molecular flexibility index (Phi) is 7.82. The highest BCUT2D eigenvalue weighted by molar-refractivity contribution is 7.11. The zero-order valence-corrected chi connectivity index (χ0v) is 22.6. The van der Waals surface area contributed by atoms with Gasteiger partial charge in [-0.2, -0.15) is 0 Å². The minimum absolute atomic E-state index is 0.0274. The number of fused-ring (bicyclic) bond motifs is 1. The van der Waals surface area contributed by atoms with Crippen molar-refractivity contribution >= 4 is 46.8 Å². The van der Waals surface area contributed by atoms with Crippen LogP contribution < -0.4 is 5.32 Å². The first-order valence-corrected chi connectivity index (χ1v) is 13.4. The molecule has 0 bridgehead atoms. The van der Waals surface area contributed by atoms with Crippen LogP contribution in [0.25, 0.3) is 0 Å². The zero-order valence-electron chi connectivity index (χ0n) is 21.1. The van der Waals surface area contributed by atoms with Gasteiger partial charge in [0.1, 0.15) is 24.5 Å². The predicted molar refractivity (Wildman–Crippen MR) is 139 cm³/mol. The molecule has 11 nitrogen and oxygen atoms in total. The van der Waals surface area contributed by atoms with Crippen LogP contribution in [0.1, 0.15) is 23.5 Å². The standard InChI is InChI=1S/C25H25ClFN5O6S/c1-3-37-23(33)17-15(11-31-8-9-32-16(12-38-25(32)35)20(31)24(34)36-2)29-21(22-28-7-10-39-22)30-19(17)13-5-4-6-14(27)18(13)26/h4-7,10,16,19-20H,3,8-9,11-12H2,1-2H3,(H,29,30)/t16-,19-,20+/m0/s1. The van der Waals surface area contributed by atoms with Crippen molar-refractivity contribution in [3.05, 3.63) is 62.5 Å². The quantitative estimate of drug-likeness (QED) is 0.390. The predicted octanol–water partition coefficient (Wildman–Crippen LogP) is 2.52. The normalized spacial score (nSPS) is 23.1. The summed E-state index contributed by atoms with van der Waals surface area (Å²) in [7, 11) is 1.27. The number of rotatable bonds is 7. The van der Waals surface area contributed by atoms with E-state index in [1.165, 1.54) is 35.5 Å². The second-order valence-electron chi connectivity index (χ2n) is 8.87. The summed E-state index contributed by atoms with van der Waals surface area (Å²) in [5, 5.41) is 5.35. The van der Waals surface area contributed by atoms with Crippen LogP contribution in [0.2, 0.25) is 5.02 Å². The number of cyclic esters (lactones) is 1. The summed E-state index contributed by atoms with van der Waals surface area (Å²) < 4.78 is 30.2. The monoisotopic (exact) mass is 577 g/mol. The van der Waals surface area contributed by atoms with Gasteiger partial charge in [-0.25, -0.2) is 19.0 Å². The Morgan fingerprint density at radius 1 is 1.33 bits per heavy atom. The highest BCUT2D eigenvalue weighted by atomic mass is 35.5. The number of amides is 1. The maximum atomic E-state index is 14.5. The van der Waals surface area contributed by atoms with E-state index in [-0.39, 0.29) is 35.9 Å². The van der Waals surface area contributed by atoms with E-state index in [4.69, 9.17) is 30.8 Å². The number of carbonyl (C=O) groups excluding carboxylic acids is 3. The fourth-order valence-electron chi connectivity index (χ4n) is 4.99. The van der Waals surface area contributed by atoms with E-state index in [1.807, 2.05) is 4.90 Å². The molecule has 1 aromatic heterocycles. The third-order valence-corrected chi connectivity index (χ3v) is 7.91. The first kappa shape index (κ1) is 27.0. The van der Waals surface area contributed by atoms with Crippen molar-refractivity contribution < 1.29 is 33.0 Å². The number of hydrogen-bond acceptors (Lipinski definition) is 11. The van der Waals surface area contributed by atoms with Gasteiger partial charge in [0, 0.05) is 42.5 Å². The second-order valence-corrected chi connectivity index (χ2v) is 10.1. The molecule has 0 aliphatic carbocycles. The van der Waals surface area contributed by atoms with Gasteiger partial charge in [0.25, 0.3) is 0 Å². The number of esters is 2. The molecule has 0 unspecified atom stereocenters. The Bertz CT molecular complexity index is 1350. The zero-order chi connectivity index (χ0) is 27.7. The van der Waals surface area contributed by atoms with Crippen molar-refractivity contribution in [2.45, 2.75) is 25.0 Å². The van der Waals surface area contributed by atoms with E-state index in [1.54, 1.807) is 24.6 Å². The number of amidine groups is 1. The molecular weight excluding hydrogens is 553 g/mol. The number of piperazine rings is 1. The Hall–Kier alpha value is -3.55. The summed E-state index contributed by atoms with van der Waals surface area (Å²) in [5.74, 6) is -1.52. The lowest BCUT2D eigenvalue weighted by atomic mass is 9.94. The number of aliphatic imine (C=N–C) groups is 1. The summed E-state index contributed by atoms with van der Waals surface area (Å²) in [6.07, 6.45) is 1.12. The molecule has 1 amide bonds. The van der Waals surface area contributed by atoms with Crippen LogP contribution >= 0.6 is 22.9 Å². The third kappa shape index (κ3) is 5.09. The maximum Gasteiger partial charge on any atom is 0.410 e. The molecule has 3 aliphatic rings. The van der Waals surface area contributed by atoms with Crippen LogP contribution in [0.15, 0.2) is 46.0 Å². The number of halogens is 2. The van der Waals surface area contributed by atoms with Gasteiger partial charge in [0.05, 0.1) is 30.4 Å². The van der Waals surface area contributed by atoms with E-state index < -0.39 is 42.0 Å². The van der Waals surface area contributed by atoms with Gasteiger partial charge in [-0.3, -0.25) is 19.6 Å². The van der Waals surface area contributed by atoms with Gasteiger partial charge >= 0.3 is 18.0 Å². The SMILES string of the molecule is CCOC(=O)C1=C(CN2CCN3C(=O)OC[C@H]3[C@@H]2C(=O)OC)NC(c2nccs2)=N[C@H]1c1cccc(F)c1Cl. The molecule has 14 heteroatoms. The number of aromatic nitrogens is 1. The molecular formula is C25H25ClFN5O6S. The van der Waals surface area contributed by atoms with Crippen LogP contribution in [-0.4, -0.2) is 90.7 Å². The lowest BCUT2D eigenvalue weighted by Crippen LogP contribution is -2.62. The van der Waals surface area contributed by atoms with Crippen molar-refractivity contribution in [1.82, 2.24) is 20.1 Å². The molecule has 5 rings (SSSR count). The van der Waals surface area contributed by atoms with Crippen molar-refractivity contribution in [3.8, 4) is 0 Å². The summed E-state index contributed by atoms with van der Waals surface area (Å²) >= 11 is 7.69. The Morgan fingerprint density at radius 3 is 2.87 bits per heavy atom. The van der Waals surface area contributed by atoms with Crippen LogP contribution in [0, 0.1) is 5.82 Å². The number of nitrogens with one attached hydrogen (secondary N) is 1. The molecule has 1 aromatic carbocycles. The molecule has 2 fully saturated rings. The number of nitrogens with zero attached hydrogens (tertiary/aromatic N) is 4. The van der Waals surface area contributed by atoms with Crippen LogP contribution in [0.4, 0.5) is 9.18 Å². The summed E-state index contributed by atoms with van der Waals surface area (Å²) in [4.78, 5) is 50.9. The van der Waals surface area contributed by atoms with Gasteiger partial charge in [-0.05, 0) is 13.0 Å². The number of methoxy groups -OCH3 is 1. The van der Waals surface area contributed by atoms with E-state index in [2.05, 4.69) is 10.3 Å². The van der Waals surface area contributed by atoms with E-state index in [0.717, 1.165) is 0 Å². The van der Waals surface area contributed by atoms with Crippen molar-refractivity contribution in [3.63, 3.8) is 0 Å². The van der Waals surface area contributed by atoms with Gasteiger partial charge in [0.2, 0.25) is 0 Å². The third-order valence-electron chi connectivity index (χ3n) is 6.73. The molecule has 0 radical (unpaired) electrons. The Balaban J connectivity index is 1.61. The fraction of sp³-hybridized carbons (Fsp3) is 0.400. The Labute approximate surface area is 232 Å². The fourth-order valence-corrected chi connectivity index (χ4v) is 5.80. The summed E-state index contributed by atoms with van der Waals surface area (Å²) in [6, 6.07) is 1.87. The molecule has 0 saturated carbocycles. The minimum atomic E-state index is -1.02. The van der Waals surface area contributed by atoms with Gasteiger partial charge in [-0.1, -0.05) is 23.7 Å². The topological polar surface area (TPSA) is 123 Å². The first-order valence-electron chi connectivity index (χ1n) is 12.2. The number of carbonyl (C=O) groups is 3. The van der Waals surface area contributed by atoms with Crippen molar-refractivity contribution in [2.24, 2.45) is 4.99 Å². The number of ether oxygens (including phenoxy) is 3. The van der Waals surface area contributed by atoms with E-state index in [0.29, 0.717) is 29.6 Å². The average molecular weight is 578 g/mol. The molecule has 4 heterocycles. The highest BCUT2D eigenvalue weighted by Crippen LogP contribution is 2.38. The van der Waals surface area contributed by atoms with E-state index in [9.17, 15) is 18.8 Å². The lowest BCUT2D eigenvalue weighted by molar-refractivity contribution is -0.150. The molecule has 39 heavy (non-hydrogen) atoms. The lowest BCUT2D eigenvalue weighted by Gasteiger charge is -2.42. The number of benzene rings is 1.